The number of nitrogens with one attached hydrogen (secondary N) is 2. The fourth-order valence-electron chi connectivity index (χ4n) is 4.00. The van der Waals surface area contributed by atoms with Crippen LogP contribution in [0.4, 0.5) is 10.5 Å². The van der Waals surface area contributed by atoms with Gasteiger partial charge in [-0.1, -0.05) is 31.0 Å². The van der Waals surface area contributed by atoms with Crippen molar-refractivity contribution in [2.75, 3.05) is 38.2 Å². The Labute approximate surface area is 219 Å². The maximum atomic E-state index is 10.7. The van der Waals surface area contributed by atoms with Crippen LogP contribution in [-0.2, 0) is 27.4 Å². The number of rotatable bonds is 16. The lowest BCUT2D eigenvalue weighted by Crippen LogP contribution is -2.35. The molecule has 0 aromatic heterocycles. The molecular formula is C28H40N2O7. The molecule has 9 nitrogen and oxygen atoms in total. The molecule has 2 aromatic carbocycles. The number of carboxylic acid groups (broad SMARTS) is 1. The third kappa shape index (κ3) is 10.7. The van der Waals surface area contributed by atoms with Crippen LogP contribution in [0, 0.1) is 0 Å². The van der Waals surface area contributed by atoms with Gasteiger partial charge >= 0.3 is 6.09 Å². The van der Waals surface area contributed by atoms with Crippen LogP contribution >= 0.6 is 0 Å². The summed E-state index contributed by atoms with van der Waals surface area (Å²) in [5, 5.41) is 24.9. The van der Waals surface area contributed by atoms with Gasteiger partial charge in [-0.2, -0.15) is 0 Å². The number of carbonyl (C=O) groups is 1. The molecule has 0 radical (unpaired) electrons. The van der Waals surface area contributed by atoms with E-state index in [0.717, 1.165) is 54.7 Å². The lowest BCUT2D eigenvalue weighted by Gasteiger charge is -2.33. The average Bonchev–Trinajstić information content (AvgIpc) is 2.85. The van der Waals surface area contributed by atoms with E-state index in [2.05, 4.69) is 10.6 Å². The molecule has 37 heavy (non-hydrogen) atoms. The van der Waals surface area contributed by atoms with E-state index < -0.39 is 18.0 Å². The topological polar surface area (TPSA) is 119 Å². The Balaban J connectivity index is 1.15. The molecule has 0 bridgehead atoms. The summed E-state index contributed by atoms with van der Waals surface area (Å²) in [5.41, 5.74) is 3.26. The van der Waals surface area contributed by atoms with Crippen molar-refractivity contribution in [2.24, 2.45) is 0 Å². The summed E-state index contributed by atoms with van der Waals surface area (Å²) in [6.07, 6.45) is 2.59. The minimum Gasteiger partial charge on any atom is -0.465 e. The summed E-state index contributed by atoms with van der Waals surface area (Å²) in [4.78, 5) is 10.7. The predicted octanol–water partition coefficient (Wildman–Crippen LogP) is 4.84. The molecule has 0 spiro atoms. The first-order chi connectivity index (χ1) is 17.8. The van der Waals surface area contributed by atoms with Crippen LogP contribution in [0.15, 0.2) is 42.5 Å². The zero-order valence-electron chi connectivity index (χ0n) is 21.8. The predicted molar refractivity (Wildman–Crippen MR) is 141 cm³/mol. The molecule has 3 rings (SSSR count). The second-order valence-electron chi connectivity index (χ2n) is 9.59. The highest BCUT2D eigenvalue weighted by Crippen LogP contribution is 2.32. The van der Waals surface area contributed by atoms with Crippen molar-refractivity contribution < 1.29 is 34.0 Å². The van der Waals surface area contributed by atoms with E-state index in [-0.39, 0.29) is 0 Å². The van der Waals surface area contributed by atoms with Gasteiger partial charge < -0.3 is 34.5 Å². The minimum atomic E-state index is -1.08. The first-order valence-electron chi connectivity index (χ1n) is 12.9. The highest BCUT2D eigenvalue weighted by atomic mass is 16.7. The van der Waals surface area contributed by atoms with E-state index in [1.165, 1.54) is 0 Å². The highest BCUT2D eigenvalue weighted by molar-refractivity contribution is 5.82. The summed E-state index contributed by atoms with van der Waals surface area (Å²) in [6.45, 7) is 7.77. The molecule has 0 unspecified atom stereocenters. The van der Waals surface area contributed by atoms with Crippen molar-refractivity contribution in [3.63, 3.8) is 0 Å². The second-order valence-corrected chi connectivity index (χ2v) is 9.59. The Morgan fingerprint density at radius 3 is 2.70 bits per heavy atom. The van der Waals surface area contributed by atoms with Gasteiger partial charge in [0.05, 0.1) is 32.5 Å². The Kier molecular flexibility index (Phi) is 11.6. The highest BCUT2D eigenvalue weighted by Gasteiger charge is 2.27. The monoisotopic (exact) mass is 516 g/mol. The first kappa shape index (κ1) is 28.9. The van der Waals surface area contributed by atoms with Crippen molar-refractivity contribution in [1.29, 1.82) is 0 Å². The molecule has 1 aliphatic heterocycles. The fraction of sp³-hybridized carbons (Fsp3) is 0.536. The quantitative estimate of drug-likeness (QED) is 0.234. The minimum absolute atomic E-state index is 0.411. The van der Waals surface area contributed by atoms with Gasteiger partial charge in [-0.3, -0.25) is 5.32 Å². The van der Waals surface area contributed by atoms with Crippen molar-refractivity contribution in [3.8, 4) is 5.75 Å². The molecule has 204 valence electrons. The van der Waals surface area contributed by atoms with Gasteiger partial charge in [0.1, 0.15) is 5.75 Å². The largest absolute Gasteiger partial charge is 0.465 e. The molecule has 1 aliphatic rings. The van der Waals surface area contributed by atoms with Crippen molar-refractivity contribution in [1.82, 2.24) is 5.32 Å². The summed E-state index contributed by atoms with van der Waals surface area (Å²) in [6, 6.07) is 12.9. The summed E-state index contributed by atoms with van der Waals surface area (Å²) in [7, 11) is 0. The molecule has 0 saturated heterocycles. The lowest BCUT2D eigenvalue weighted by atomic mass is 10.0. The number of hydrogen-bond donors (Lipinski definition) is 4. The average molecular weight is 517 g/mol. The standard InChI is InChI=1S/C28H40N2O7/c1-28(2)36-20-23-17-22(10-11-26(23)37-28)25(31)18-29-12-5-3-4-6-13-34-14-15-35-19-21-8-7-9-24(16-21)30-27(32)33/h7-11,16-17,25,29-31H,3-6,12-15,18-20H2,1-2H3,(H,32,33)/t25-/m0/s1. The summed E-state index contributed by atoms with van der Waals surface area (Å²) < 4.78 is 22.7. The van der Waals surface area contributed by atoms with Crippen molar-refractivity contribution >= 4 is 11.8 Å². The number of anilines is 1. The van der Waals surface area contributed by atoms with Crippen LogP contribution in [0.3, 0.4) is 0 Å². The number of ether oxygens (including phenoxy) is 4. The molecule has 0 aliphatic carbocycles. The number of fused-ring (bicyclic) bond motifs is 1. The van der Waals surface area contributed by atoms with Crippen LogP contribution in [0.2, 0.25) is 0 Å². The van der Waals surface area contributed by atoms with Gasteiger partial charge in [0, 0.05) is 38.2 Å². The third-order valence-corrected chi connectivity index (χ3v) is 5.95. The molecular weight excluding hydrogens is 476 g/mol. The van der Waals surface area contributed by atoms with Crippen molar-refractivity contribution in [2.45, 2.75) is 64.6 Å². The summed E-state index contributed by atoms with van der Waals surface area (Å²) >= 11 is 0. The van der Waals surface area contributed by atoms with Crippen LogP contribution in [0.25, 0.3) is 0 Å². The van der Waals surface area contributed by atoms with E-state index in [0.29, 0.717) is 45.3 Å². The molecule has 1 heterocycles. The van der Waals surface area contributed by atoms with Crippen molar-refractivity contribution in [3.05, 3.63) is 59.2 Å². The Morgan fingerprint density at radius 1 is 1.05 bits per heavy atom. The molecule has 0 saturated carbocycles. The first-order valence-corrected chi connectivity index (χ1v) is 12.9. The van der Waals surface area contributed by atoms with Gasteiger partial charge in [0.15, 0.2) is 0 Å². The molecule has 2 aromatic rings. The number of aliphatic hydroxyl groups excluding tert-OH is 1. The van der Waals surface area contributed by atoms with Crippen LogP contribution in [0.5, 0.6) is 5.75 Å². The van der Waals surface area contributed by atoms with Gasteiger partial charge in [-0.15, -0.1) is 0 Å². The third-order valence-electron chi connectivity index (χ3n) is 5.95. The van der Waals surface area contributed by atoms with Gasteiger partial charge in [0.25, 0.3) is 0 Å². The van der Waals surface area contributed by atoms with E-state index in [1.54, 1.807) is 18.2 Å². The van der Waals surface area contributed by atoms with E-state index >= 15 is 0 Å². The van der Waals surface area contributed by atoms with Gasteiger partial charge in [0.2, 0.25) is 5.79 Å². The van der Waals surface area contributed by atoms with E-state index in [4.69, 9.17) is 24.1 Å². The summed E-state index contributed by atoms with van der Waals surface area (Å²) in [5.74, 6) is 0.197. The number of hydrogen-bond acceptors (Lipinski definition) is 7. The second kappa shape index (κ2) is 14.9. The Bertz CT molecular complexity index is 983. The SMILES string of the molecule is CC1(C)OCc2cc([C@@H](O)CNCCCCCCOCCOCc3cccc(NC(=O)O)c3)ccc2O1. The van der Waals surface area contributed by atoms with Crippen LogP contribution < -0.4 is 15.4 Å². The van der Waals surface area contributed by atoms with Crippen LogP contribution in [-0.4, -0.2) is 55.0 Å². The fourth-order valence-corrected chi connectivity index (χ4v) is 4.00. The number of aliphatic hydroxyl groups is 1. The van der Waals surface area contributed by atoms with Crippen LogP contribution in [0.1, 0.15) is 62.3 Å². The molecule has 0 fully saturated rings. The number of amides is 1. The zero-order chi connectivity index (χ0) is 26.5. The number of benzene rings is 2. The maximum absolute atomic E-state index is 10.7. The smallest absolute Gasteiger partial charge is 0.409 e. The molecule has 1 amide bonds. The normalized spacial score (nSPS) is 15.0. The Hall–Kier alpha value is -2.69. The maximum Gasteiger partial charge on any atom is 0.409 e. The Morgan fingerprint density at radius 2 is 1.86 bits per heavy atom. The zero-order valence-corrected chi connectivity index (χ0v) is 21.8. The van der Waals surface area contributed by atoms with E-state index in [9.17, 15) is 9.90 Å². The van der Waals surface area contributed by atoms with Gasteiger partial charge in [-0.25, -0.2) is 4.79 Å². The molecule has 9 heteroatoms. The van der Waals surface area contributed by atoms with E-state index in [1.807, 2.05) is 38.1 Å². The number of unbranched alkanes of at least 4 members (excludes halogenated alkanes) is 3. The lowest BCUT2D eigenvalue weighted by molar-refractivity contribution is -0.180. The molecule has 1 atom stereocenters. The molecule has 4 N–H and O–H groups in total. The van der Waals surface area contributed by atoms with Gasteiger partial charge in [-0.05, 0) is 54.8 Å².